The topological polar surface area (TPSA) is 50.4 Å². The molecule has 1 fully saturated rings. The van der Waals surface area contributed by atoms with Crippen molar-refractivity contribution in [3.63, 3.8) is 0 Å². The lowest BCUT2D eigenvalue weighted by atomic mass is 9.76. The van der Waals surface area contributed by atoms with E-state index in [0.717, 1.165) is 59.7 Å². The predicted octanol–water partition coefficient (Wildman–Crippen LogP) is 8.89. The Hall–Kier alpha value is -3.53. The molecule has 0 bridgehead atoms. The second-order valence-electron chi connectivity index (χ2n) is 11.9. The van der Waals surface area contributed by atoms with Gasteiger partial charge in [-0.15, -0.1) is 0 Å². The second-order valence-corrected chi connectivity index (χ2v) is 11.9. The zero-order valence-electron chi connectivity index (χ0n) is 26.2. The molecule has 4 rings (SSSR count). The van der Waals surface area contributed by atoms with Gasteiger partial charge in [-0.3, -0.25) is 4.79 Å². The van der Waals surface area contributed by atoms with Crippen molar-refractivity contribution in [3.05, 3.63) is 105 Å². The molecule has 2 aliphatic carbocycles. The predicted molar refractivity (Wildman–Crippen MR) is 172 cm³/mol. The molecule has 3 atom stereocenters. The van der Waals surface area contributed by atoms with Crippen molar-refractivity contribution in [3.8, 4) is 5.75 Å². The van der Waals surface area contributed by atoms with Crippen molar-refractivity contribution >= 4 is 12.0 Å². The van der Waals surface area contributed by atoms with Crippen LogP contribution in [0.3, 0.4) is 0 Å². The molecule has 0 saturated carbocycles. The Morgan fingerprint density at radius 1 is 1.17 bits per heavy atom. The van der Waals surface area contributed by atoms with Crippen molar-refractivity contribution in [1.29, 1.82) is 0 Å². The number of benzene rings is 1. The van der Waals surface area contributed by atoms with E-state index in [-0.39, 0.29) is 17.7 Å². The summed E-state index contributed by atoms with van der Waals surface area (Å²) in [5, 5.41) is 6.76. The molecule has 1 aromatic carbocycles. The molecule has 218 valence electrons. The number of amides is 1. The molecule has 0 spiro atoms. The summed E-state index contributed by atoms with van der Waals surface area (Å²) in [5.74, 6) is 2.47. The van der Waals surface area contributed by atoms with Crippen LogP contribution in [0.15, 0.2) is 94.0 Å². The van der Waals surface area contributed by atoms with E-state index in [1.165, 1.54) is 16.7 Å². The average molecular weight is 553 g/mol. The van der Waals surface area contributed by atoms with Crippen molar-refractivity contribution in [2.24, 2.45) is 17.8 Å². The Labute approximate surface area is 247 Å². The first kappa shape index (κ1) is 30.4. The van der Waals surface area contributed by atoms with E-state index in [1.807, 2.05) is 26.0 Å². The standard InChI is InChI=1S/C37H48N2O2/c1-9-13-28-14-12-15-34(41-8)36(28)31-22-32-33(21-27(31)11-3)39-37(40)35(32)25(7)38-30-18-16-26(10-2)29(17-19-30)20-24(6)23(4)5/h9,12-15,17-19,21-24,27,31,38H,10-11,16,20H2,1-8H3,(H,39,40)/b13-9+,35-25-. The first-order valence-electron chi connectivity index (χ1n) is 15.3. The summed E-state index contributed by atoms with van der Waals surface area (Å²) in [6, 6.07) is 6.22. The van der Waals surface area contributed by atoms with E-state index in [0.29, 0.717) is 17.4 Å². The number of allylic oxidation sites excluding steroid dienone is 10. The molecule has 3 unspecified atom stereocenters. The summed E-state index contributed by atoms with van der Waals surface area (Å²) in [6.45, 7) is 15.5. The second kappa shape index (κ2) is 13.4. The van der Waals surface area contributed by atoms with Gasteiger partial charge in [0, 0.05) is 34.1 Å². The summed E-state index contributed by atoms with van der Waals surface area (Å²) >= 11 is 0. The summed E-state index contributed by atoms with van der Waals surface area (Å²) in [7, 11) is 1.73. The lowest BCUT2D eigenvalue weighted by molar-refractivity contribution is -0.115. The highest BCUT2D eigenvalue weighted by Crippen LogP contribution is 2.45. The minimum atomic E-state index is -0.0475. The number of ether oxygens (including phenoxy) is 1. The molecule has 1 heterocycles. The van der Waals surface area contributed by atoms with E-state index in [9.17, 15) is 4.79 Å². The Morgan fingerprint density at radius 3 is 2.61 bits per heavy atom. The SMILES string of the molecule is C/C=C/c1cccc(OC)c1C1C=C2C(=CC1CC)NC(=O)/C2=C(/C)NC1=CCC(CC)=C(CC(C)C(C)C)C=C1. The molecule has 1 aliphatic heterocycles. The first-order chi connectivity index (χ1) is 19.7. The summed E-state index contributed by atoms with van der Waals surface area (Å²) in [6.07, 6.45) is 19.5. The number of carbonyl (C=O) groups is 1. The maximum absolute atomic E-state index is 13.4. The molecule has 0 aromatic heterocycles. The molecule has 1 amide bonds. The number of nitrogens with one attached hydrogen (secondary N) is 2. The van der Waals surface area contributed by atoms with Crippen LogP contribution in [0, 0.1) is 17.8 Å². The van der Waals surface area contributed by atoms with Gasteiger partial charge >= 0.3 is 0 Å². The van der Waals surface area contributed by atoms with Gasteiger partial charge in [-0.2, -0.15) is 0 Å². The monoisotopic (exact) mass is 552 g/mol. The molecule has 3 aliphatic rings. The van der Waals surface area contributed by atoms with Crippen molar-refractivity contribution in [2.75, 3.05) is 7.11 Å². The van der Waals surface area contributed by atoms with Crippen LogP contribution in [0.25, 0.3) is 6.08 Å². The molecular weight excluding hydrogens is 504 g/mol. The number of hydrogen-bond donors (Lipinski definition) is 2. The van der Waals surface area contributed by atoms with Crippen LogP contribution in [-0.2, 0) is 4.79 Å². The van der Waals surface area contributed by atoms with Crippen molar-refractivity contribution < 1.29 is 9.53 Å². The fourth-order valence-electron chi connectivity index (χ4n) is 6.18. The van der Waals surface area contributed by atoms with E-state index < -0.39 is 0 Å². The first-order valence-corrected chi connectivity index (χ1v) is 15.3. The van der Waals surface area contributed by atoms with Crippen molar-refractivity contribution in [1.82, 2.24) is 10.6 Å². The van der Waals surface area contributed by atoms with Crippen LogP contribution in [0.2, 0.25) is 0 Å². The minimum absolute atomic E-state index is 0.0475. The zero-order chi connectivity index (χ0) is 29.7. The van der Waals surface area contributed by atoms with Crippen LogP contribution in [-0.4, -0.2) is 13.0 Å². The van der Waals surface area contributed by atoms with Crippen LogP contribution in [0.5, 0.6) is 5.75 Å². The number of fused-ring (bicyclic) bond motifs is 1. The van der Waals surface area contributed by atoms with E-state index in [1.54, 1.807) is 7.11 Å². The highest BCUT2D eigenvalue weighted by Gasteiger charge is 2.36. The van der Waals surface area contributed by atoms with Crippen molar-refractivity contribution in [2.45, 2.75) is 80.1 Å². The maximum Gasteiger partial charge on any atom is 0.258 e. The van der Waals surface area contributed by atoms with E-state index in [2.05, 4.69) is 93.9 Å². The van der Waals surface area contributed by atoms with Gasteiger partial charge in [-0.05, 0) is 80.6 Å². The van der Waals surface area contributed by atoms with Gasteiger partial charge in [0.25, 0.3) is 5.91 Å². The Bertz CT molecular complexity index is 1380. The van der Waals surface area contributed by atoms with Crippen LogP contribution < -0.4 is 15.4 Å². The third kappa shape index (κ3) is 6.53. The van der Waals surface area contributed by atoms with Gasteiger partial charge < -0.3 is 15.4 Å². The third-order valence-electron chi connectivity index (χ3n) is 8.99. The van der Waals surface area contributed by atoms with Crippen LogP contribution in [0.1, 0.15) is 91.2 Å². The van der Waals surface area contributed by atoms with E-state index in [4.69, 9.17) is 4.74 Å². The maximum atomic E-state index is 13.4. The van der Waals surface area contributed by atoms with Gasteiger partial charge in [0.05, 0.1) is 12.7 Å². The molecule has 1 aromatic rings. The fourth-order valence-corrected chi connectivity index (χ4v) is 6.18. The molecule has 4 heteroatoms. The van der Waals surface area contributed by atoms with Crippen LogP contribution in [0.4, 0.5) is 0 Å². The summed E-state index contributed by atoms with van der Waals surface area (Å²) in [4.78, 5) is 13.4. The Balaban J connectivity index is 1.69. The van der Waals surface area contributed by atoms with Gasteiger partial charge in [-0.25, -0.2) is 0 Å². The zero-order valence-corrected chi connectivity index (χ0v) is 26.2. The smallest absolute Gasteiger partial charge is 0.258 e. The number of hydrogen-bond acceptors (Lipinski definition) is 3. The number of carbonyl (C=O) groups excluding carboxylic acids is 1. The molecule has 0 radical (unpaired) electrons. The lowest BCUT2D eigenvalue weighted by Gasteiger charge is -2.29. The minimum Gasteiger partial charge on any atom is -0.496 e. The largest absolute Gasteiger partial charge is 0.496 e. The quantitative estimate of drug-likeness (QED) is 0.285. The van der Waals surface area contributed by atoms with Gasteiger partial charge in [-0.1, -0.05) is 88.8 Å². The number of methoxy groups -OCH3 is 1. The third-order valence-corrected chi connectivity index (χ3v) is 8.99. The molecule has 41 heavy (non-hydrogen) atoms. The average Bonchev–Trinajstić information content (AvgIpc) is 3.16. The van der Waals surface area contributed by atoms with Gasteiger partial charge in [0.15, 0.2) is 0 Å². The number of rotatable bonds is 10. The molecule has 1 saturated heterocycles. The summed E-state index contributed by atoms with van der Waals surface area (Å²) in [5.41, 5.74) is 9.79. The van der Waals surface area contributed by atoms with Crippen LogP contribution >= 0.6 is 0 Å². The highest BCUT2D eigenvalue weighted by molar-refractivity contribution is 6.06. The Kier molecular flexibility index (Phi) is 9.96. The normalized spacial score (nSPS) is 22.7. The Morgan fingerprint density at radius 2 is 1.95 bits per heavy atom. The molecular formula is C37H48N2O2. The lowest BCUT2D eigenvalue weighted by Crippen LogP contribution is -2.19. The van der Waals surface area contributed by atoms with Gasteiger partial charge in [0.2, 0.25) is 0 Å². The van der Waals surface area contributed by atoms with Gasteiger partial charge in [0.1, 0.15) is 5.75 Å². The highest BCUT2D eigenvalue weighted by atomic mass is 16.5. The molecule has 4 nitrogen and oxygen atoms in total. The fraction of sp³-hybridized carbons (Fsp3) is 0.432. The van der Waals surface area contributed by atoms with E-state index >= 15 is 0 Å². The summed E-state index contributed by atoms with van der Waals surface area (Å²) < 4.78 is 5.85. The molecule has 2 N–H and O–H groups in total.